The molecule has 1 aliphatic rings. The zero-order valence-electron chi connectivity index (χ0n) is 12.7. The lowest BCUT2D eigenvalue weighted by atomic mass is 9.76. The molecule has 0 amide bonds. The van der Waals surface area contributed by atoms with E-state index in [0.717, 1.165) is 6.42 Å². The molecule has 2 heterocycles. The minimum Gasteiger partial charge on any atom is -0.481 e. The fourth-order valence-corrected chi connectivity index (χ4v) is 2.63. The van der Waals surface area contributed by atoms with E-state index in [4.69, 9.17) is 4.74 Å². The maximum atomic E-state index is 11.5. The van der Waals surface area contributed by atoms with Gasteiger partial charge in [0.05, 0.1) is 12.0 Å². The molecule has 21 heavy (non-hydrogen) atoms. The van der Waals surface area contributed by atoms with Crippen molar-refractivity contribution in [3.8, 4) is 5.88 Å². The second kappa shape index (κ2) is 6.74. The van der Waals surface area contributed by atoms with Crippen molar-refractivity contribution in [3.63, 3.8) is 0 Å². The van der Waals surface area contributed by atoms with Crippen LogP contribution in [0, 0.1) is 5.41 Å². The van der Waals surface area contributed by atoms with E-state index >= 15 is 0 Å². The van der Waals surface area contributed by atoms with Gasteiger partial charge in [0, 0.05) is 25.4 Å². The molecule has 0 aromatic carbocycles. The SMILES string of the molecule is CCCOc1ccnc(N2CCC(CC)(C(=O)O)CC2)n1. The van der Waals surface area contributed by atoms with E-state index in [2.05, 4.69) is 9.97 Å². The molecule has 2 rings (SSSR count). The first-order valence-electron chi connectivity index (χ1n) is 7.55. The predicted octanol–water partition coefficient (Wildman–Crippen LogP) is 2.35. The van der Waals surface area contributed by atoms with Crippen molar-refractivity contribution >= 4 is 11.9 Å². The second-order valence-electron chi connectivity index (χ2n) is 5.47. The van der Waals surface area contributed by atoms with Gasteiger partial charge in [-0.05, 0) is 25.7 Å². The molecule has 1 fully saturated rings. The van der Waals surface area contributed by atoms with Gasteiger partial charge in [-0.1, -0.05) is 13.8 Å². The molecule has 1 saturated heterocycles. The number of carboxylic acid groups (broad SMARTS) is 1. The number of hydrogen-bond acceptors (Lipinski definition) is 5. The van der Waals surface area contributed by atoms with E-state index in [9.17, 15) is 9.90 Å². The summed E-state index contributed by atoms with van der Waals surface area (Å²) in [5, 5.41) is 9.42. The van der Waals surface area contributed by atoms with Crippen molar-refractivity contribution in [2.45, 2.75) is 39.5 Å². The van der Waals surface area contributed by atoms with E-state index in [-0.39, 0.29) is 0 Å². The quantitative estimate of drug-likeness (QED) is 0.867. The van der Waals surface area contributed by atoms with Crippen molar-refractivity contribution < 1.29 is 14.6 Å². The van der Waals surface area contributed by atoms with Gasteiger partial charge in [0.2, 0.25) is 11.8 Å². The van der Waals surface area contributed by atoms with Crippen molar-refractivity contribution in [1.29, 1.82) is 0 Å². The maximum absolute atomic E-state index is 11.5. The Morgan fingerprint density at radius 1 is 1.43 bits per heavy atom. The van der Waals surface area contributed by atoms with Crippen LogP contribution in [0.5, 0.6) is 5.88 Å². The summed E-state index contributed by atoms with van der Waals surface area (Å²) in [7, 11) is 0. The van der Waals surface area contributed by atoms with Gasteiger partial charge in [0.1, 0.15) is 0 Å². The fraction of sp³-hybridized carbons (Fsp3) is 0.667. The number of carboxylic acids is 1. The van der Waals surface area contributed by atoms with E-state index < -0.39 is 11.4 Å². The number of aromatic nitrogens is 2. The number of rotatable bonds is 6. The van der Waals surface area contributed by atoms with Gasteiger partial charge in [-0.15, -0.1) is 0 Å². The molecular formula is C15H23N3O3. The molecule has 1 aromatic rings. The molecule has 0 bridgehead atoms. The monoisotopic (exact) mass is 293 g/mol. The minimum absolute atomic E-state index is 0.576. The minimum atomic E-state index is -0.689. The highest BCUT2D eigenvalue weighted by Crippen LogP contribution is 2.36. The van der Waals surface area contributed by atoms with Crippen LogP contribution in [0.25, 0.3) is 0 Å². The summed E-state index contributed by atoms with van der Waals surface area (Å²) in [5.41, 5.74) is -0.590. The van der Waals surface area contributed by atoms with Gasteiger partial charge in [0.25, 0.3) is 0 Å². The Kier molecular flexibility index (Phi) is 4.98. The number of ether oxygens (including phenoxy) is 1. The molecule has 116 valence electrons. The molecule has 0 radical (unpaired) electrons. The summed E-state index contributed by atoms with van der Waals surface area (Å²) in [6.45, 7) is 5.95. The largest absolute Gasteiger partial charge is 0.481 e. The Bertz CT molecular complexity index is 485. The van der Waals surface area contributed by atoms with Crippen LogP contribution >= 0.6 is 0 Å². The summed E-state index contributed by atoms with van der Waals surface area (Å²) >= 11 is 0. The van der Waals surface area contributed by atoms with Crippen LogP contribution in [0.3, 0.4) is 0 Å². The van der Waals surface area contributed by atoms with Crippen LogP contribution in [0.1, 0.15) is 39.5 Å². The summed E-state index contributed by atoms with van der Waals surface area (Å²) < 4.78 is 5.52. The van der Waals surface area contributed by atoms with E-state index in [1.54, 1.807) is 12.3 Å². The highest BCUT2D eigenvalue weighted by Gasteiger charge is 2.40. The summed E-state index contributed by atoms with van der Waals surface area (Å²) in [5.74, 6) is 0.511. The molecule has 1 aromatic heterocycles. The zero-order valence-corrected chi connectivity index (χ0v) is 12.7. The predicted molar refractivity (Wildman–Crippen MR) is 79.6 cm³/mol. The van der Waals surface area contributed by atoms with Crippen molar-refractivity contribution in [2.75, 3.05) is 24.6 Å². The standard InChI is InChI=1S/C15H23N3O3/c1-3-11-21-12-5-8-16-14(17-12)18-9-6-15(4-2,7-10-18)13(19)20/h5,8H,3-4,6-7,9-11H2,1-2H3,(H,19,20). The summed E-state index contributed by atoms with van der Waals surface area (Å²) in [4.78, 5) is 22.2. The number of piperidine rings is 1. The lowest BCUT2D eigenvalue weighted by molar-refractivity contribution is -0.150. The summed E-state index contributed by atoms with van der Waals surface area (Å²) in [6, 6.07) is 1.75. The molecular weight excluding hydrogens is 270 g/mol. The van der Waals surface area contributed by atoms with Crippen LogP contribution < -0.4 is 9.64 Å². The first-order chi connectivity index (χ1) is 10.1. The van der Waals surface area contributed by atoms with Gasteiger partial charge in [-0.3, -0.25) is 4.79 Å². The van der Waals surface area contributed by atoms with Crippen LogP contribution in [-0.2, 0) is 4.79 Å². The molecule has 6 heteroatoms. The van der Waals surface area contributed by atoms with Gasteiger partial charge >= 0.3 is 5.97 Å². The Morgan fingerprint density at radius 3 is 2.71 bits per heavy atom. The van der Waals surface area contributed by atoms with E-state index in [1.165, 1.54) is 0 Å². The third-order valence-electron chi connectivity index (χ3n) is 4.21. The highest BCUT2D eigenvalue weighted by atomic mass is 16.5. The molecule has 1 N–H and O–H groups in total. The first kappa shape index (κ1) is 15.5. The Balaban J connectivity index is 2.03. The molecule has 0 atom stereocenters. The number of carbonyl (C=O) groups is 1. The van der Waals surface area contributed by atoms with Crippen molar-refractivity contribution in [1.82, 2.24) is 9.97 Å². The molecule has 1 aliphatic heterocycles. The Hall–Kier alpha value is -1.85. The van der Waals surface area contributed by atoms with Crippen molar-refractivity contribution in [2.24, 2.45) is 5.41 Å². The molecule has 0 aliphatic carbocycles. The second-order valence-corrected chi connectivity index (χ2v) is 5.47. The maximum Gasteiger partial charge on any atom is 0.309 e. The first-order valence-corrected chi connectivity index (χ1v) is 7.55. The molecule has 0 saturated carbocycles. The van der Waals surface area contributed by atoms with Crippen LogP contribution in [0.2, 0.25) is 0 Å². The average Bonchev–Trinajstić information content (AvgIpc) is 2.53. The van der Waals surface area contributed by atoms with Gasteiger partial charge in [-0.2, -0.15) is 4.98 Å². The normalized spacial score (nSPS) is 17.5. The number of hydrogen-bond donors (Lipinski definition) is 1. The zero-order chi connectivity index (χ0) is 15.3. The Labute approximate surface area is 125 Å². The van der Waals surface area contributed by atoms with Crippen LogP contribution in [0.15, 0.2) is 12.3 Å². The lowest BCUT2D eigenvalue weighted by Gasteiger charge is -2.38. The van der Waals surface area contributed by atoms with E-state index in [0.29, 0.717) is 50.8 Å². The van der Waals surface area contributed by atoms with Gasteiger partial charge in [-0.25, -0.2) is 4.98 Å². The number of nitrogens with zero attached hydrogens (tertiary/aromatic N) is 3. The van der Waals surface area contributed by atoms with E-state index in [1.807, 2.05) is 18.7 Å². The number of aliphatic carboxylic acids is 1. The molecule has 0 spiro atoms. The van der Waals surface area contributed by atoms with Crippen LogP contribution in [0.4, 0.5) is 5.95 Å². The highest BCUT2D eigenvalue weighted by molar-refractivity contribution is 5.75. The van der Waals surface area contributed by atoms with Crippen LogP contribution in [-0.4, -0.2) is 40.7 Å². The van der Waals surface area contributed by atoms with Crippen molar-refractivity contribution in [3.05, 3.63) is 12.3 Å². The third kappa shape index (κ3) is 3.43. The molecule has 0 unspecified atom stereocenters. The summed E-state index contributed by atoms with van der Waals surface area (Å²) in [6.07, 6.45) is 4.54. The van der Waals surface area contributed by atoms with Gasteiger partial charge in [0.15, 0.2) is 0 Å². The smallest absolute Gasteiger partial charge is 0.309 e. The lowest BCUT2D eigenvalue weighted by Crippen LogP contribution is -2.44. The van der Waals surface area contributed by atoms with Gasteiger partial charge < -0.3 is 14.7 Å². The third-order valence-corrected chi connectivity index (χ3v) is 4.21. The topological polar surface area (TPSA) is 75.5 Å². The average molecular weight is 293 g/mol. The Morgan fingerprint density at radius 2 is 2.14 bits per heavy atom. The number of anilines is 1. The fourth-order valence-electron chi connectivity index (χ4n) is 2.63. The molecule has 6 nitrogen and oxygen atoms in total.